The minimum absolute atomic E-state index is 0.00636. The van der Waals surface area contributed by atoms with Gasteiger partial charge in [0, 0.05) is 13.1 Å². The van der Waals surface area contributed by atoms with Crippen molar-refractivity contribution in [3.8, 4) is 0 Å². The monoisotopic (exact) mass is 372 g/mol. The summed E-state index contributed by atoms with van der Waals surface area (Å²) in [4.78, 5) is 14.6. The highest BCUT2D eigenvalue weighted by Gasteiger charge is 2.31. The number of carbonyl (C=O) groups is 1. The van der Waals surface area contributed by atoms with Gasteiger partial charge in [-0.15, -0.1) is 0 Å². The molecule has 134 valence electrons. The van der Waals surface area contributed by atoms with Crippen molar-refractivity contribution in [2.24, 2.45) is 5.92 Å². The summed E-state index contributed by atoms with van der Waals surface area (Å²) >= 11 is 6.01. The van der Waals surface area contributed by atoms with Crippen LogP contribution in [0.2, 0.25) is 5.02 Å². The van der Waals surface area contributed by atoms with Gasteiger partial charge in [0.2, 0.25) is 15.9 Å². The van der Waals surface area contributed by atoms with Crippen LogP contribution in [0.3, 0.4) is 0 Å². The van der Waals surface area contributed by atoms with Crippen molar-refractivity contribution in [2.45, 2.75) is 50.5 Å². The van der Waals surface area contributed by atoms with Crippen molar-refractivity contribution < 1.29 is 13.2 Å². The Balaban J connectivity index is 2.21. The number of nitrogens with zero attached hydrogens (tertiary/aromatic N) is 1. The summed E-state index contributed by atoms with van der Waals surface area (Å²) in [6.45, 7) is 5.34. The lowest BCUT2D eigenvalue weighted by molar-refractivity contribution is -0.134. The Bertz CT molecular complexity index is 670. The van der Waals surface area contributed by atoms with E-state index >= 15 is 0 Å². The lowest BCUT2D eigenvalue weighted by Crippen LogP contribution is -2.50. The fourth-order valence-corrected chi connectivity index (χ4v) is 4.64. The Morgan fingerprint density at radius 1 is 1.21 bits per heavy atom. The Morgan fingerprint density at radius 2 is 1.83 bits per heavy atom. The van der Waals surface area contributed by atoms with Crippen LogP contribution in [0.25, 0.3) is 0 Å². The zero-order chi connectivity index (χ0) is 17.7. The smallest absolute Gasteiger partial charge is 0.242 e. The second kappa shape index (κ2) is 8.32. The van der Waals surface area contributed by atoms with Gasteiger partial charge in [-0.05, 0) is 43.7 Å². The van der Waals surface area contributed by atoms with Gasteiger partial charge in [-0.2, -0.15) is 4.72 Å². The summed E-state index contributed by atoms with van der Waals surface area (Å²) < 4.78 is 27.9. The molecule has 0 bridgehead atoms. The van der Waals surface area contributed by atoms with Crippen molar-refractivity contribution in [1.82, 2.24) is 9.62 Å². The second-order valence-electron chi connectivity index (χ2n) is 6.62. The van der Waals surface area contributed by atoms with Crippen molar-refractivity contribution in [3.63, 3.8) is 0 Å². The molecule has 1 N–H and O–H groups in total. The Labute approximate surface area is 149 Å². The van der Waals surface area contributed by atoms with Gasteiger partial charge in [-0.1, -0.05) is 37.6 Å². The molecule has 0 spiro atoms. The molecule has 1 fully saturated rings. The van der Waals surface area contributed by atoms with Crippen LogP contribution in [-0.2, 0) is 14.8 Å². The van der Waals surface area contributed by atoms with E-state index in [9.17, 15) is 13.2 Å². The number of nitrogens with one attached hydrogen (secondary N) is 1. The SMILES string of the molecule is CC(C)C[C@@H](NS(=O)(=O)c1ccccc1Cl)C(=O)N1CCCCC1. The molecule has 1 heterocycles. The van der Waals surface area contributed by atoms with E-state index in [1.54, 1.807) is 17.0 Å². The Morgan fingerprint density at radius 3 is 2.42 bits per heavy atom. The zero-order valence-corrected chi connectivity index (χ0v) is 15.7. The lowest BCUT2D eigenvalue weighted by atomic mass is 10.0. The molecule has 0 aliphatic carbocycles. The molecular formula is C17H25ClN2O3S. The molecule has 7 heteroatoms. The zero-order valence-electron chi connectivity index (χ0n) is 14.2. The van der Waals surface area contributed by atoms with Crippen LogP contribution in [0, 0.1) is 5.92 Å². The van der Waals surface area contributed by atoms with Gasteiger partial charge >= 0.3 is 0 Å². The van der Waals surface area contributed by atoms with E-state index < -0.39 is 16.1 Å². The number of piperidine rings is 1. The molecule has 1 aliphatic rings. The first-order chi connectivity index (χ1) is 11.3. The predicted molar refractivity (Wildman–Crippen MR) is 95.4 cm³/mol. The molecule has 1 amide bonds. The van der Waals surface area contributed by atoms with Crippen LogP contribution < -0.4 is 4.72 Å². The highest BCUT2D eigenvalue weighted by atomic mass is 35.5. The van der Waals surface area contributed by atoms with Gasteiger partial charge in [-0.25, -0.2) is 8.42 Å². The molecule has 0 aromatic heterocycles. The van der Waals surface area contributed by atoms with E-state index in [1.807, 2.05) is 13.8 Å². The van der Waals surface area contributed by atoms with Crippen LogP contribution in [0.15, 0.2) is 29.2 Å². The van der Waals surface area contributed by atoms with Crippen LogP contribution in [-0.4, -0.2) is 38.4 Å². The third-order valence-electron chi connectivity index (χ3n) is 4.10. The maximum absolute atomic E-state index is 12.8. The number of sulfonamides is 1. The third-order valence-corrected chi connectivity index (χ3v) is 6.07. The molecule has 2 rings (SSSR count). The van der Waals surface area contributed by atoms with Gasteiger partial charge in [0.1, 0.15) is 10.9 Å². The molecule has 1 saturated heterocycles. The topological polar surface area (TPSA) is 66.5 Å². The quantitative estimate of drug-likeness (QED) is 0.834. The Hall–Kier alpha value is -1.11. The molecule has 5 nitrogen and oxygen atoms in total. The fourth-order valence-electron chi connectivity index (χ4n) is 2.92. The minimum atomic E-state index is -3.85. The van der Waals surface area contributed by atoms with Gasteiger partial charge in [-0.3, -0.25) is 4.79 Å². The molecule has 1 atom stereocenters. The van der Waals surface area contributed by atoms with Crippen LogP contribution in [0.5, 0.6) is 0 Å². The first-order valence-electron chi connectivity index (χ1n) is 8.37. The van der Waals surface area contributed by atoms with Crippen LogP contribution in [0.4, 0.5) is 0 Å². The Kier molecular flexibility index (Phi) is 6.66. The number of carbonyl (C=O) groups excluding carboxylic acids is 1. The van der Waals surface area contributed by atoms with Gasteiger partial charge in [0.05, 0.1) is 5.02 Å². The highest BCUT2D eigenvalue weighted by Crippen LogP contribution is 2.22. The molecule has 1 aliphatic heterocycles. The van der Waals surface area contributed by atoms with Crippen LogP contribution in [0.1, 0.15) is 39.5 Å². The van der Waals surface area contributed by atoms with E-state index in [-0.39, 0.29) is 21.7 Å². The molecule has 0 unspecified atom stereocenters. The van der Waals surface area contributed by atoms with E-state index in [1.165, 1.54) is 12.1 Å². The molecule has 1 aromatic rings. The van der Waals surface area contributed by atoms with Gasteiger partial charge < -0.3 is 4.90 Å². The minimum Gasteiger partial charge on any atom is -0.341 e. The number of hydrogen-bond donors (Lipinski definition) is 1. The van der Waals surface area contributed by atoms with Crippen molar-refractivity contribution in [1.29, 1.82) is 0 Å². The summed E-state index contributed by atoms with van der Waals surface area (Å²) in [5.74, 6) is 0.0525. The van der Waals surface area contributed by atoms with Crippen LogP contribution >= 0.6 is 11.6 Å². The van der Waals surface area contributed by atoms with Gasteiger partial charge in [0.25, 0.3) is 0 Å². The molecule has 24 heavy (non-hydrogen) atoms. The van der Waals surface area contributed by atoms with Crippen molar-refractivity contribution in [3.05, 3.63) is 29.3 Å². The summed E-state index contributed by atoms with van der Waals surface area (Å²) in [6.07, 6.45) is 3.51. The van der Waals surface area contributed by atoms with E-state index in [0.29, 0.717) is 19.5 Å². The first kappa shape index (κ1) is 19.2. The van der Waals surface area contributed by atoms with Gasteiger partial charge in [0.15, 0.2) is 0 Å². The largest absolute Gasteiger partial charge is 0.341 e. The average Bonchev–Trinajstić information content (AvgIpc) is 2.54. The third kappa shape index (κ3) is 4.94. The summed E-state index contributed by atoms with van der Waals surface area (Å²) in [6, 6.07) is 5.50. The average molecular weight is 373 g/mol. The van der Waals surface area contributed by atoms with Crippen molar-refractivity contribution >= 4 is 27.5 Å². The normalized spacial score (nSPS) is 17.1. The lowest BCUT2D eigenvalue weighted by Gasteiger charge is -2.31. The number of hydrogen-bond acceptors (Lipinski definition) is 3. The number of amides is 1. The number of rotatable bonds is 6. The second-order valence-corrected chi connectivity index (χ2v) is 8.71. The van der Waals surface area contributed by atoms with E-state index in [4.69, 9.17) is 11.6 Å². The number of benzene rings is 1. The fraction of sp³-hybridized carbons (Fsp3) is 0.588. The standard InChI is InChI=1S/C17H25ClN2O3S/c1-13(2)12-15(17(21)20-10-6-3-7-11-20)19-24(22,23)16-9-5-4-8-14(16)18/h4-5,8-9,13,15,19H,3,6-7,10-12H2,1-2H3/t15-/m1/s1. The highest BCUT2D eigenvalue weighted by molar-refractivity contribution is 7.89. The summed E-state index contributed by atoms with van der Waals surface area (Å²) in [5.41, 5.74) is 0. The number of halogens is 1. The van der Waals surface area contributed by atoms with Crippen molar-refractivity contribution in [2.75, 3.05) is 13.1 Å². The molecule has 0 radical (unpaired) electrons. The number of likely N-dealkylation sites (tertiary alicyclic amines) is 1. The molecule has 1 aromatic carbocycles. The maximum Gasteiger partial charge on any atom is 0.242 e. The molecule has 0 saturated carbocycles. The summed E-state index contributed by atoms with van der Waals surface area (Å²) in [7, 11) is -3.85. The predicted octanol–water partition coefficient (Wildman–Crippen LogP) is 3.05. The first-order valence-corrected chi connectivity index (χ1v) is 10.2. The maximum atomic E-state index is 12.8. The van der Waals surface area contributed by atoms with E-state index in [2.05, 4.69) is 4.72 Å². The van der Waals surface area contributed by atoms with E-state index in [0.717, 1.165) is 19.3 Å². The summed E-state index contributed by atoms with van der Waals surface area (Å²) in [5, 5.41) is 0.152. The molecular weight excluding hydrogens is 348 g/mol.